The van der Waals surface area contributed by atoms with Gasteiger partial charge in [0.2, 0.25) is 0 Å². The zero-order valence-electron chi connectivity index (χ0n) is 11.2. The van der Waals surface area contributed by atoms with Crippen LogP contribution in [-0.2, 0) is 6.67 Å². The average Bonchev–Trinajstić information content (AvgIpc) is 2.64. The topological polar surface area (TPSA) is 74.4 Å². The van der Waals surface area contributed by atoms with Gasteiger partial charge in [0.05, 0.1) is 25.6 Å². The van der Waals surface area contributed by atoms with E-state index in [4.69, 9.17) is 10.2 Å². The third kappa shape index (κ3) is 3.50. The molecular weight excluding hydrogens is 244 g/mol. The molecule has 0 amide bonds. The second-order valence-corrected chi connectivity index (χ2v) is 4.66. The maximum atomic E-state index is 9.03. The number of nitrogens with zero attached hydrogens (tertiary/aromatic N) is 4. The van der Waals surface area contributed by atoms with Crippen molar-refractivity contribution in [2.24, 2.45) is 0 Å². The van der Waals surface area contributed by atoms with Gasteiger partial charge in [0.25, 0.3) is 0 Å². The molecule has 2 N–H and O–H groups in total. The quantitative estimate of drug-likeness (QED) is 0.775. The van der Waals surface area contributed by atoms with Crippen LogP contribution >= 0.6 is 0 Å². The molecule has 1 aromatic rings. The van der Waals surface area contributed by atoms with E-state index >= 15 is 0 Å². The molecule has 6 nitrogen and oxygen atoms in total. The standard InChI is InChI=1S/C13H20N4O2/c1-11-3-2-4-12-13(9-11)17(15-14-12)10-16(5-7-18)6-8-19/h2,4,9,18-19H,3,5-8,10H2,1H3. The zero-order valence-corrected chi connectivity index (χ0v) is 11.2. The Kier molecular flexibility index (Phi) is 4.84. The van der Waals surface area contributed by atoms with E-state index in [2.05, 4.69) is 29.4 Å². The lowest BCUT2D eigenvalue weighted by Crippen LogP contribution is -2.32. The van der Waals surface area contributed by atoms with Crippen molar-refractivity contribution in [3.63, 3.8) is 0 Å². The Balaban J connectivity index is 2.19. The second kappa shape index (κ2) is 6.60. The summed E-state index contributed by atoms with van der Waals surface area (Å²) in [7, 11) is 0. The normalized spacial score (nSPS) is 14.4. The van der Waals surface area contributed by atoms with Crippen LogP contribution < -0.4 is 0 Å². The Labute approximate surface area is 112 Å². The molecule has 6 heteroatoms. The first kappa shape index (κ1) is 13.9. The van der Waals surface area contributed by atoms with Crippen molar-refractivity contribution in [3.05, 3.63) is 23.0 Å². The minimum atomic E-state index is 0.0612. The van der Waals surface area contributed by atoms with Crippen molar-refractivity contribution < 1.29 is 10.2 Å². The lowest BCUT2D eigenvalue weighted by molar-refractivity contribution is 0.128. The zero-order chi connectivity index (χ0) is 13.7. The molecule has 19 heavy (non-hydrogen) atoms. The number of aliphatic hydroxyl groups excluding tert-OH is 2. The van der Waals surface area contributed by atoms with E-state index in [1.54, 1.807) is 4.68 Å². The Bertz CT molecular complexity index is 473. The van der Waals surface area contributed by atoms with E-state index in [0.717, 1.165) is 17.8 Å². The van der Waals surface area contributed by atoms with Crippen LogP contribution in [0.25, 0.3) is 12.2 Å². The highest BCUT2D eigenvalue weighted by atomic mass is 16.3. The maximum absolute atomic E-state index is 9.03. The Hall–Kier alpha value is -1.50. The second-order valence-electron chi connectivity index (χ2n) is 4.66. The summed E-state index contributed by atoms with van der Waals surface area (Å²) in [4.78, 5) is 1.94. The van der Waals surface area contributed by atoms with Crippen LogP contribution in [0.3, 0.4) is 0 Å². The van der Waals surface area contributed by atoms with Crippen LogP contribution in [0.1, 0.15) is 24.7 Å². The van der Waals surface area contributed by atoms with E-state index in [-0.39, 0.29) is 13.2 Å². The molecule has 0 saturated carbocycles. The molecule has 0 radical (unpaired) electrons. The fraction of sp³-hybridized carbons (Fsp3) is 0.538. The number of hydrogen-bond donors (Lipinski definition) is 2. The number of aromatic nitrogens is 3. The molecule has 0 fully saturated rings. The monoisotopic (exact) mass is 264 g/mol. The van der Waals surface area contributed by atoms with Crippen molar-refractivity contribution in [1.82, 2.24) is 19.9 Å². The van der Waals surface area contributed by atoms with Crippen LogP contribution in [0.5, 0.6) is 0 Å². The third-order valence-electron chi connectivity index (χ3n) is 3.07. The van der Waals surface area contributed by atoms with Gasteiger partial charge in [-0.1, -0.05) is 16.9 Å². The first-order valence-electron chi connectivity index (χ1n) is 6.46. The summed E-state index contributed by atoms with van der Waals surface area (Å²) in [6.45, 7) is 3.73. The van der Waals surface area contributed by atoms with Crippen LogP contribution in [-0.4, -0.2) is 56.4 Å². The van der Waals surface area contributed by atoms with Crippen LogP contribution in [0.15, 0.2) is 11.6 Å². The van der Waals surface area contributed by atoms with Crippen LogP contribution in [0, 0.1) is 0 Å². The number of hydrogen-bond acceptors (Lipinski definition) is 5. The molecule has 0 unspecified atom stereocenters. The lowest BCUT2D eigenvalue weighted by Gasteiger charge is -2.20. The van der Waals surface area contributed by atoms with Crippen molar-refractivity contribution in [2.75, 3.05) is 26.3 Å². The number of fused-ring (bicyclic) bond motifs is 1. The summed E-state index contributed by atoms with van der Waals surface area (Å²) in [5, 5.41) is 26.3. The van der Waals surface area contributed by atoms with Gasteiger partial charge in [0, 0.05) is 13.1 Å². The van der Waals surface area contributed by atoms with E-state index < -0.39 is 0 Å². The molecule has 2 rings (SSSR count). The largest absolute Gasteiger partial charge is 0.395 e. The highest BCUT2D eigenvalue weighted by Crippen LogP contribution is 2.19. The molecule has 0 aromatic carbocycles. The molecule has 0 aliphatic heterocycles. The smallest absolute Gasteiger partial charge is 0.112 e. The highest BCUT2D eigenvalue weighted by Gasteiger charge is 2.13. The van der Waals surface area contributed by atoms with Gasteiger partial charge in [-0.25, -0.2) is 4.68 Å². The summed E-state index contributed by atoms with van der Waals surface area (Å²) >= 11 is 0. The minimum absolute atomic E-state index is 0.0612. The number of aliphatic hydroxyl groups is 2. The van der Waals surface area contributed by atoms with Gasteiger partial charge >= 0.3 is 0 Å². The predicted molar refractivity (Wildman–Crippen MR) is 73.1 cm³/mol. The van der Waals surface area contributed by atoms with Crippen molar-refractivity contribution in [2.45, 2.75) is 20.0 Å². The molecule has 0 saturated heterocycles. The molecule has 1 heterocycles. The summed E-state index contributed by atoms with van der Waals surface area (Å²) in [5.41, 5.74) is 3.10. The summed E-state index contributed by atoms with van der Waals surface area (Å²) < 4.78 is 1.81. The summed E-state index contributed by atoms with van der Waals surface area (Å²) in [6.07, 6.45) is 7.07. The minimum Gasteiger partial charge on any atom is -0.395 e. The van der Waals surface area contributed by atoms with E-state index in [1.807, 2.05) is 11.0 Å². The maximum Gasteiger partial charge on any atom is 0.112 e. The molecule has 1 aromatic heterocycles. The fourth-order valence-corrected chi connectivity index (χ4v) is 2.08. The first-order chi connectivity index (χ1) is 9.24. The molecule has 104 valence electrons. The lowest BCUT2D eigenvalue weighted by atomic mass is 10.2. The van der Waals surface area contributed by atoms with Crippen LogP contribution in [0.2, 0.25) is 0 Å². The van der Waals surface area contributed by atoms with Crippen molar-refractivity contribution in [3.8, 4) is 0 Å². The van der Waals surface area contributed by atoms with Crippen molar-refractivity contribution in [1.29, 1.82) is 0 Å². The highest BCUT2D eigenvalue weighted by molar-refractivity contribution is 5.63. The van der Waals surface area contributed by atoms with Gasteiger partial charge in [-0.05, 0) is 25.5 Å². The molecular formula is C13H20N4O2. The first-order valence-corrected chi connectivity index (χ1v) is 6.46. The fourth-order valence-electron chi connectivity index (χ4n) is 2.08. The number of allylic oxidation sites excluding steroid dienone is 2. The predicted octanol–water partition coefficient (Wildman–Crippen LogP) is 0.342. The van der Waals surface area contributed by atoms with E-state index in [1.165, 1.54) is 5.57 Å². The van der Waals surface area contributed by atoms with Gasteiger partial charge in [-0.15, -0.1) is 5.10 Å². The molecule has 0 atom stereocenters. The Morgan fingerprint density at radius 3 is 2.74 bits per heavy atom. The third-order valence-corrected chi connectivity index (χ3v) is 3.07. The molecule has 1 aliphatic rings. The van der Waals surface area contributed by atoms with Gasteiger partial charge in [-0.3, -0.25) is 4.90 Å². The van der Waals surface area contributed by atoms with Gasteiger partial charge < -0.3 is 10.2 Å². The molecule has 0 bridgehead atoms. The number of rotatable bonds is 6. The average molecular weight is 264 g/mol. The Morgan fingerprint density at radius 2 is 2.05 bits per heavy atom. The summed E-state index contributed by atoms with van der Waals surface area (Å²) in [5.74, 6) is 0. The van der Waals surface area contributed by atoms with Crippen molar-refractivity contribution >= 4 is 12.2 Å². The van der Waals surface area contributed by atoms with Gasteiger partial charge in [0.15, 0.2) is 0 Å². The summed E-state index contributed by atoms with van der Waals surface area (Å²) in [6, 6.07) is 0. The Morgan fingerprint density at radius 1 is 1.32 bits per heavy atom. The van der Waals surface area contributed by atoms with Crippen LogP contribution in [0.4, 0.5) is 0 Å². The van der Waals surface area contributed by atoms with E-state index in [9.17, 15) is 0 Å². The molecule has 0 spiro atoms. The SMILES string of the molecule is CC1=Cc2c(nnn2CN(CCO)CCO)C=CC1. The molecule has 1 aliphatic carbocycles. The van der Waals surface area contributed by atoms with Gasteiger partial charge in [-0.2, -0.15) is 0 Å². The van der Waals surface area contributed by atoms with E-state index in [0.29, 0.717) is 19.8 Å². The van der Waals surface area contributed by atoms with Gasteiger partial charge in [0.1, 0.15) is 5.69 Å².